The van der Waals surface area contributed by atoms with E-state index < -0.39 is 22.5 Å². The van der Waals surface area contributed by atoms with Crippen LogP contribution in [0.3, 0.4) is 0 Å². The largest absolute Gasteiger partial charge is 0.493 e. The maximum Gasteiger partial charge on any atom is 0.264 e. The standard InChI is InChI=1S/C24H24ClN3O5S/c1-17-20(25)10-7-11-21(17)28(34(30,31)19-8-5-4-6-9-19)16-24(29)27-26-15-18-12-13-22(32-2)23(14-18)33-3/h4-15H,16H2,1-3H3,(H,27,29)/b26-15-. The lowest BCUT2D eigenvalue weighted by Gasteiger charge is -2.25. The summed E-state index contributed by atoms with van der Waals surface area (Å²) in [6.07, 6.45) is 1.42. The number of nitrogens with zero attached hydrogens (tertiary/aromatic N) is 2. The highest BCUT2D eigenvalue weighted by atomic mass is 35.5. The molecule has 0 aliphatic carbocycles. The van der Waals surface area contributed by atoms with Gasteiger partial charge in [-0.3, -0.25) is 9.10 Å². The van der Waals surface area contributed by atoms with Gasteiger partial charge in [-0.25, -0.2) is 13.8 Å². The molecule has 178 valence electrons. The van der Waals surface area contributed by atoms with Crippen molar-refractivity contribution in [2.24, 2.45) is 5.10 Å². The first kappa shape index (κ1) is 25.1. The third-order valence-corrected chi connectivity index (χ3v) is 7.12. The van der Waals surface area contributed by atoms with E-state index in [0.29, 0.717) is 33.3 Å². The Hall–Kier alpha value is -3.56. The van der Waals surface area contributed by atoms with Gasteiger partial charge in [0, 0.05) is 5.02 Å². The fourth-order valence-electron chi connectivity index (χ4n) is 3.16. The summed E-state index contributed by atoms with van der Waals surface area (Å²) in [5.74, 6) is 0.437. The number of halogens is 1. The minimum atomic E-state index is -4.05. The van der Waals surface area contributed by atoms with E-state index in [1.54, 1.807) is 61.5 Å². The Bertz CT molecular complexity index is 1300. The van der Waals surface area contributed by atoms with Gasteiger partial charge in [0.15, 0.2) is 11.5 Å². The van der Waals surface area contributed by atoms with Gasteiger partial charge in [0.05, 0.1) is 31.0 Å². The van der Waals surface area contributed by atoms with Crippen molar-refractivity contribution in [3.8, 4) is 11.5 Å². The number of hydrazone groups is 1. The van der Waals surface area contributed by atoms with Crippen LogP contribution < -0.4 is 19.2 Å². The van der Waals surface area contributed by atoms with Crippen LogP contribution in [0, 0.1) is 6.92 Å². The Kier molecular flexibility index (Phi) is 8.14. The van der Waals surface area contributed by atoms with Crippen molar-refractivity contribution in [1.82, 2.24) is 5.43 Å². The van der Waals surface area contributed by atoms with Crippen LogP contribution in [-0.4, -0.2) is 41.3 Å². The molecule has 0 heterocycles. The van der Waals surface area contributed by atoms with Crippen LogP contribution in [0.25, 0.3) is 0 Å². The minimum absolute atomic E-state index is 0.0519. The average Bonchev–Trinajstić information content (AvgIpc) is 2.84. The first-order chi connectivity index (χ1) is 16.3. The number of benzene rings is 3. The van der Waals surface area contributed by atoms with Crippen LogP contribution in [0.4, 0.5) is 5.69 Å². The van der Waals surface area contributed by atoms with E-state index in [4.69, 9.17) is 21.1 Å². The van der Waals surface area contributed by atoms with E-state index in [1.807, 2.05) is 0 Å². The molecule has 10 heteroatoms. The van der Waals surface area contributed by atoms with Crippen molar-refractivity contribution < 1.29 is 22.7 Å². The Morgan fingerprint density at radius 1 is 1.03 bits per heavy atom. The number of hydrogen-bond donors (Lipinski definition) is 1. The van der Waals surface area contributed by atoms with E-state index in [1.165, 1.54) is 32.6 Å². The second-order valence-corrected chi connectivity index (χ2v) is 9.39. The lowest BCUT2D eigenvalue weighted by atomic mass is 10.2. The molecule has 3 rings (SSSR count). The molecule has 0 aromatic heterocycles. The molecule has 0 aliphatic rings. The van der Waals surface area contributed by atoms with Crippen molar-refractivity contribution in [2.45, 2.75) is 11.8 Å². The number of methoxy groups -OCH3 is 2. The quantitative estimate of drug-likeness (QED) is 0.353. The Labute approximate surface area is 203 Å². The molecule has 0 unspecified atom stereocenters. The number of carbonyl (C=O) groups is 1. The molecule has 0 atom stereocenters. The van der Waals surface area contributed by atoms with Crippen molar-refractivity contribution >= 4 is 39.4 Å². The van der Waals surface area contributed by atoms with Crippen LogP contribution >= 0.6 is 11.6 Å². The summed E-state index contributed by atoms with van der Waals surface area (Å²) in [6, 6.07) is 17.9. The topological polar surface area (TPSA) is 97.3 Å². The normalized spacial score (nSPS) is 11.3. The molecule has 34 heavy (non-hydrogen) atoms. The van der Waals surface area contributed by atoms with Crippen molar-refractivity contribution in [2.75, 3.05) is 25.1 Å². The average molecular weight is 502 g/mol. The molecule has 0 radical (unpaired) electrons. The van der Waals surface area contributed by atoms with Gasteiger partial charge in [-0.1, -0.05) is 35.9 Å². The van der Waals surface area contributed by atoms with Crippen molar-refractivity contribution in [1.29, 1.82) is 0 Å². The fraction of sp³-hybridized carbons (Fsp3) is 0.167. The number of hydrogen-bond acceptors (Lipinski definition) is 6. The molecule has 0 saturated carbocycles. The van der Waals surface area contributed by atoms with Crippen LogP contribution in [-0.2, 0) is 14.8 Å². The molecule has 0 spiro atoms. The summed E-state index contributed by atoms with van der Waals surface area (Å²) in [7, 11) is -1.01. The molecule has 0 aliphatic heterocycles. The molecule has 3 aromatic rings. The maximum absolute atomic E-state index is 13.4. The number of ether oxygens (including phenoxy) is 2. The van der Waals surface area contributed by atoms with Crippen LogP contribution in [0.15, 0.2) is 76.7 Å². The molecule has 0 bridgehead atoms. The predicted octanol–water partition coefficient (Wildman–Crippen LogP) is 4.01. The molecule has 8 nitrogen and oxygen atoms in total. The Morgan fingerprint density at radius 3 is 2.41 bits per heavy atom. The smallest absolute Gasteiger partial charge is 0.264 e. The summed E-state index contributed by atoms with van der Waals surface area (Å²) in [4.78, 5) is 12.8. The summed E-state index contributed by atoms with van der Waals surface area (Å²) >= 11 is 6.22. The molecule has 3 aromatic carbocycles. The monoisotopic (exact) mass is 501 g/mol. The number of carbonyl (C=O) groups excluding carboxylic acids is 1. The van der Waals surface area contributed by atoms with Gasteiger partial charge in [-0.2, -0.15) is 5.10 Å². The first-order valence-corrected chi connectivity index (χ1v) is 12.0. The molecular formula is C24H24ClN3O5S. The van der Waals surface area contributed by atoms with E-state index >= 15 is 0 Å². The Morgan fingerprint density at radius 2 is 1.74 bits per heavy atom. The summed E-state index contributed by atoms with van der Waals surface area (Å²) < 4.78 is 38.3. The highest BCUT2D eigenvalue weighted by molar-refractivity contribution is 7.92. The summed E-state index contributed by atoms with van der Waals surface area (Å²) in [6.45, 7) is 1.19. The lowest BCUT2D eigenvalue weighted by molar-refractivity contribution is -0.119. The van der Waals surface area contributed by atoms with E-state index in [9.17, 15) is 13.2 Å². The van der Waals surface area contributed by atoms with E-state index in [-0.39, 0.29) is 4.90 Å². The summed E-state index contributed by atoms with van der Waals surface area (Å²) in [5, 5.41) is 4.33. The number of anilines is 1. The molecule has 1 amide bonds. The zero-order valence-electron chi connectivity index (χ0n) is 18.9. The van der Waals surface area contributed by atoms with Crippen molar-refractivity contribution in [3.05, 3.63) is 82.9 Å². The number of nitrogens with one attached hydrogen (secondary N) is 1. The van der Waals surface area contributed by atoms with Crippen LogP contribution in [0.5, 0.6) is 11.5 Å². The fourth-order valence-corrected chi connectivity index (χ4v) is 4.83. The van der Waals surface area contributed by atoms with Crippen molar-refractivity contribution in [3.63, 3.8) is 0 Å². The zero-order valence-corrected chi connectivity index (χ0v) is 20.4. The second-order valence-electron chi connectivity index (χ2n) is 7.12. The van der Waals surface area contributed by atoms with Gasteiger partial charge in [0.1, 0.15) is 6.54 Å². The van der Waals surface area contributed by atoms with Gasteiger partial charge < -0.3 is 9.47 Å². The first-order valence-electron chi connectivity index (χ1n) is 10.1. The second kappa shape index (κ2) is 11.0. The maximum atomic E-state index is 13.4. The van der Waals surface area contributed by atoms with E-state index in [2.05, 4.69) is 10.5 Å². The number of amides is 1. The minimum Gasteiger partial charge on any atom is -0.493 e. The van der Waals surface area contributed by atoms with Gasteiger partial charge in [-0.15, -0.1) is 0 Å². The highest BCUT2D eigenvalue weighted by Gasteiger charge is 2.28. The van der Waals surface area contributed by atoms with Gasteiger partial charge in [0.2, 0.25) is 0 Å². The third-order valence-electron chi connectivity index (χ3n) is 4.94. The molecule has 0 fully saturated rings. The highest BCUT2D eigenvalue weighted by Crippen LogP contribution is 2.31. The molecule has 1 N–H and O–H groups in total. The number of rotatable bonds is 9. The SMILES string of the molecule is COc1ccc(/C=N\NC(=O)CN(c2cccc(Cl)c2C)S(=O)(=O)c2ccccc2)cc1OC. The van der Waals surface area contributed by atoms with Gasteiger partial charge in [0.25, 0.3) is 15.9 Å². The molecular weight excluding hydrogens is 478 g/mol. The van der Waals surface area contributed by atoms with Crippen LogP contribution in [0.2, 0.25) is 5.02 Å². The zero-order chi connectivity index (χ0) is 24.7. The lowest BCUT2D eigenvalue weighted by Crippen LogP contribution is -2.40. The van der Waals surface area contributed by atoms with Crippen LogP contribution in [0.1, 0.15) is 11.1 Å². The van der Waals surface area contributed by atoms with E-state index in [0.717, 1.165) is 4.31 Å². The number of sulfonamides is 1. The third kappa shape index (κ3) is 5.67. The van der Waals surface area contributed by atoms with Gasteiger partial charge >= 0.3 is 0 Å². The Balaban J connectivity index is 1.85. The predicted molar refractivity (Wildman–Crippen MR) is 132 cm³/mol. The van der Waals surface area contributed by atoms with Gasteiger partial charge in [-0.05, 0) is 60.5 Å². The molecule has 0 saturated heterocycles. The summed E-state index contributed by atoms with van der Waals surface area (Å²) in [5.41, 5.74) is 3.86.